The van der Waals surface area contributed by atoms with Crippen LogP contribution >= 0.6 is 0 Å². The molecule has 1 N–H and O–H groups in total. The highest BCUT2D eigenvalue weighted by Crippen LogP contribution is 2.36. The van der Waals surface area contributed by atoms with Gasteiger partial charge in [0, 0.05) is 12.3 Å². The quantitative estimate of drug-likeness (QED) is 0.755. The van der Waals surface area contributed by atoms with E-state index in [0.717, 1.165) is 13.0 Å². The molecular formula is C11H23NO2S. The van der Waals surface area contributed by atoms with Crippen LogP contribution in [0.3, 0.4) is 0 Å². The van der Waals surface area contributed by atoms with Crippen molar-refractivity contribution in [3.8, 4) is 0 Å². The van der Waals surface area contributed by atoms with Crippen molar-refractivity contribution in [3.63, 3.8) is 0 Å². The lowest BCUT2D eigenvalue weighted by atomic mass is 9.72. The van der Waals surface area contributed by atoms with E-state index in [4.69, 9.17) is 0 Å². The molecule has 0 saturated heterocycles. The number of nitrogens with one attached hydrogen (secondary N) is 1. The van der Waals surface area contributed by atoms with Gasteiger partial charge in [-0.25, -0.2) is 8.42 Å². The Labute approximate surface area is 93.6 Å². The molecule has 1 aliphatic carbocycles. The second kappa shape index (κ2) is 5.30. The Kier molecular flexibility index (Phi) is 4.59. The van der Waals surface area contributed by atoms with E-state index < -0.39 is 9.84 Å². The SMILES string of the molecule is CC(C)NCC1CCC1CCS(C)(=O)=O. The first-order chi connectivity index (χ1) is 6.88. The van der Waals surface area contributed by atoms with E-state index in [2.05, 4.69) is 19.2 Å². The molecule has 0 radical (unpaired) electrons. The van der Waals surface area contributed by atoms with Gasteiger partial charge in [-0.15, -0.1) is 0 Å². The number of hydrogen-bond acceptors (Lipinski definition) is 3. The summed E-state index contributed by atoms with van der Waals surface area (Å²) >= 11 is 0. The molecule has 0 aromatic rings. The fraction of sp³-hybridized carbons (Fsp3) is 1.00. The minimum Gasteiger partial charge on any atom is -0.314 e. The molecule has 2 unspecified atom stereocenters. The highest BCUT2D eigenvalue weighted by atomic mass is 32.2. The molecule has 2 atom stereocenters. The second-order valence-corrected chi connectivity index (χ2v) is 7.34. The molecule has 0 aromatic carbocycles. The van der Waals surface area contributed by atoms with Gasteiger partial charge in [-0.1, -0.05) is 13.8 Å². The number of sulfone groups is 1. The topological polar surface area (TPSA) is 46.2 Å². The molecule has 1 rings (SSSR count). The third kappa shape index (κ3) is 4.98. The summed E-state index contributed by atoms with van der Waals surface area (Å²) in [6, 6.07) is 0.529. The van der Waals surface area contributed by atoms with Gasteiger partial charge < -0.3 is 5.32 Å². The average Bonchev–Trinajstić information content (AvgIpc) is 1.99. The maximum atomic E-state index is 11.0. The lowest BCUT2D eigenvalue weighted by Crippen LogP contribution is -2.38. The van der Waals surface area contributed by atoms with Gasteiger partial charge in [0.25, 0.3) is 0 Å². The fourth-order valence-electron chi connectivity index (χ4n) is 2.04. The Bertz CT molecular complexity index is 285. The van der Waals surface area contributed by atoms with E-state index in [1.807, 2.05) is 0 Å². The van der Waals surface area contributed by atoms with E-state index in [-0.39, 0.29) is 0 Å². The summed E-state index contributed by atoms with van der Waals surface area (Å²) in [5.74, 6) is 1.69. The summed E-state index contributed by atoms with van der Waals surface area (Å²) < 4.78 is 22.1. The van der Waals surface area contributed by atoms with Crippen LogP contribution in [0.1, 0.15) is 33.1 Å². The number of rotatable bonds is 6. The van der Waals surface area contributed by atoms with Crippen molar-refractivity contribution >= 4 is 9.84 Å². The van der Waals surface area contributed by atoms with Gasteiger partial charge in [-0.3, -0.25) is 0 Å². The Morgan fingerprint density at radius 1 is 1.27 bits per heavy atom. The molecule has 0 spiro atoms. The Morgan fingerprint density at radius 3 is 2.27 bits per heavy atom. The van der Waals surface area contributed by atoms with E-state index >= 15 is 0 Å². The van der Waals surface area contributed by atoms with E-state index in [1.165, 1.54) is 19.1 Å². The van der Waals surface area contributed by atoms with Crippen LogP contribution in [0.2, 0.25) is 0 Å². The van der Waals surface area contributed by atoms with Crippen LogP contribution in [0.25, 0.3) is 0 Å². The summed E-state index contributed by atoms with van der Waals surface area (Å²) in [7, 11) is -2.77. The molecule has 1 aliphatic rings. The molecule has 15 heavy (non-hydrogen) atoms. The maximum Gasteiger partial charge on any atom is 0.147 e. The van der Waals surface area contributed by atoms with Crippen molar-refractivity contribution in [2.45, 2.75) is 39.2 Å². The molecule has 1 saturated carbocycles. The van der Waals surface area contributed by atoms with Crippen LogP contribution in [0.4, 0.5) is 0 Å². The molecule has 3 nitrogen and oxygen atoms in total. The van der Waals surface area contributed by atoms with Gasteiger partial charge in [-0.05, 0) is 37.6 Å². The van der Waals surface area contributed by atoms with E-state index in [9.17, 15) is 8.42 Å². The van der Waals surface area contributed by atoms with Crippen LogP contribution in [0, 0.1) is 11.8 Å². The smallest absolute Gasteiger partial charge is 0.147 e. The molecule has 0 heterocycles. The predicted molar refractivity (Wildman–Crippen MR) is 63.7 cm³/mol. The standard InChI is InChI=1S/C11H23NO2S/c1-9(2)12-8-11-5-4-10(11)6-7-15(3,13)14/h9-12H,4-8H2,1-3H3. The minimum absolute atomic E-state index is 0.357. The summed E-state index contributed by atoms with van der Waals surface area (Å²) in [6.45, 7) is 5.33. The Hall–Kier alpha value is -0.0900. The van der Waals surface area contributed by atoms with Crippen molar-refractivity contribution in [1.82, 2.24) is 5.32 Å². The van der Waals surface area contributed by atoms with Crippen LogP contribution in [-0.2, 0) is 9.84 Å². The fourth-order valence-corrected chi connectivity index (χ4v) is 2.77. The summed E-state index contributed by atoms with van der Waals surface area (Å²) in [6.07, 6.45) is 4.64. The maximum absolute atomic E-state index is 11.0. The van der Waals surface area contributed by atoms with Crippen molar-refractivity contribution < 1.29 is 8.42 Å². The second-order valence-electron chi connectivity index (χ2n) is 5.08. The molecule has 0 aliphatic heterocycles. The van der Waals surface area contributed by atoms with Crippen molar-refractivity contribution in [2.24, 2.45) is 11.8 Å². The Balaban J connectivity index is 2.21. The van der Waals surface area contributed by atoms with Crippen LogP contribution in [-0.4, -0.2) is 33.0 Å². The van der Waals surface area contributed by atoms with E-state index in [1.54, 1.807) is 0 Å². The highest BCUT2D eigenvalue weighted by Gasteiger charge is 2.30. The largest absolute Gasteiger partial charge is 0.314 e. The zero-order chi connectivity index (χ0) is 11.5. The summed E-state index contributed by atoms with van der Waals surface area (Å²) in [5.41, 5.74) is 0. The zero-order valence-corrected chi connectivity index (χ0v) is 10.8. The average molecular weight is 233 g/mol. The molecule has 0 amide bonds. The first-order valence-electron chi connectivity index (χ1n) is 5.79. The normalized spacial score (nSPS) is 26.7. The van der Waals surface area contributed by atoms with Crippen LogP contribution in [0.15, 0.2) is 0 Å². The van der Waals surface area contributed by atoms with E-state index in [0.29, 0.717) is 23.6 Å². The first-order valence-corrected chi connectivity index (χ1v) is 7.85. The van der Waals surface area contributed by atoms with Crippen molar-refractivity contribution in [3.05, 3.63) is 0 Å². The first kappa shape index (κ1) is 13.0. The van der Waals surface area contributed by atoms with Crippen LogP contribution < -0.4 is 5.32 Å². The minimum atomic E-state index is -2.77. The molecule has 90 valence electrons. The zero-order valence-electron chi connectivity index (χ0n) is 9.99. The molecule has 0 aromatic heterocycles. The summed E-state index contributed by atoms with van der Waals surface area (Å²) in [5, 5.41) is 3.43. The van der Waals surface area contributed by atoms with Gasteiger partial charge in [0.1, 0.15) is 9.84 Å². The monoisotopic (exact) mass is 233 g/mol. The summed E-state index contributed by atoms with van der Waals surface area (Å²) in [4.78, 5) is 0. The third-order valence-corrected chi connectivity index (χ3v) is 4.20. The van der Waals surface area contributed by atoms with Gasteiger partial charge in [0.05, 0.1) is 5.75 Å². The third-order valence-electron chi connectivity index (χ3n) is 3.22. The molecule has 1 fully saturated rings. The van der Waals surface area contributed by atoms with Crippen LogP contribution in [0.5, 0.6) is 0 Å². The van der Waals surface area contributed by atoms with Gasteiger partial charge in [-0.2, -0.15) is 0 Å². The lowest BCUT2D eigenvalue weighted by molar-refractivity contribution is 0.164. The highest BCUT2D eigenvalue weighted by molar-refractivity contribution is 7.90. The molecule has 4 heteroatoms. The molecular weight excluding hydrogens is 210 g/mol. The lowest BCUT2D eigenvalue weighted by Gasteiger charge is -2.37. The van der Waals surface area contributed by atoms with Crippen molar-refractivity contribution in [2.75, 3.05) is 18.6 Å². The van der Waals surface area contributed by atoms with Crippen molar-refractivity contribution in [1.29, 1.82) is 0 Å². The van der Waals surface area contributed by atoms with Gasteiger partial charge in [0.2, 0.25) is 0 Å². The van der Waals surface area contributed by atoms with Gasteiger partial charge in [0.15, 0.2) is 0 Å². The Morgan fingerprint density at radius 2 is 1.87 bits per heavy atom. The molecule has 0 bridgehead atoms. The van der Waals surface area contributed by atoms with Gasteiger partial charge >= 0.3 is 0 Å². The number of hydrogen-bond donors (Lipinski definition) is 1. The predicted octanol–water partition coefficient (Wildman–Crippen LogP) is 1.45.